The highest BCUT2D eigenvalue weighted by molar-refractivity contribution is 8.01. The number of aliphatic hydroxyl groups excluding tert-OH is 2. The maximum atomic E-state index is 17.7. The van der Waals surface area contributed by atoms with Gasteiger partial charge in [-0.25, -0.2) is 13.8 Å². The fourth-order valence-electron chi connectivity index (χ4n) is 19.0. The van der Waals surface area contributed by atoms with Crippen molar-refractivity contribution in [3.05, 3.63) is 71.9 Å². The van der Waals surface area contributed by atoms with Crippen LogP contribution in [0.5, 0.6) is 0 Å². The minimum absolute atomic E-state index is 0.0464. The van der Waals surface area contributed by atoms with Gasteiger partial charge in [0.05, 0.1) is 40.4 Å². The molecule has 8 saturated carbocycles. The van der Waals surface area contributed by atoms with E-state index in [9.17, 15) is 51.0 Å². The monoisotopic (exact) mass is 1200 g/mol. The number of Topliss-reactive ketones (excluding diaryl/α,β-unsaturated/α-hetero) is 2. The second kappa shape index (κ2) is 18.7. The predicted molar refractivity (Wildman–Crippen MR) is 289 cm³/mol. The fourth-order valence-corrected chi connectivity index (χ4v) is 21.4. The van der Waals surface area contributed by atoms with Crippen LogP contribution >= 0.6 is 23.1 Å². The predicted octanol–water partition coefficient (Wildman–Crippen LogP) is 10.2. The third kappa shape index (κ3) is 7.58. The third-order valence-electron chi connectivity index (χ3n) is 22.8. The molecule has 10 fully saturated rings. The zero-order chi connectivity index (χ0) is 58.3. The molecule has 2 aromatic rings. The van der Waals surface area contributed by atoms with E-state index in [-0.39, 0.29) is 54.7 Å². The number of aromatic nitrogens is 1. The molecule has 1 aromatic carbocycles. The van der Waals surface area contributed by atoms with Crippen LogP contribution in [-0.4, -0.2) is 123 Å². The maximum absolute atomic E-state index is 17.7. The van der Waals surface area contributed by atoms with E-state index in [4.69, 9.17) is 23.9 Å². The summed E-state index contributed by atoms with van der Waals surface area (Å²) in [5.74, 6) is -5.37. The van der Waals surface area contributed by atoms with Crippen molar-refractivity contribution in [2.75, 3.05) is 12.4 Å². The Kier molecular flexibility index (Phi) is 13.1. The molecule has 2 aliphatic heterocycles. The molecule has 14 nitrogen and oxygen atoms in total. The van der Waals surface area contributed by atoms with Gasteiger partial charge in [0.25, 0.3) is 0 Å². The van der Waals surface area contributed by atoms with Crippen LogP contribution in [0.4, 0.5) is 22.0 Å². The molecule has 12 aliphatic rings. The Bertz CT molecular complexity index is 3280. The van der Waals surface area contributed by atoms with Gasteiger partial charge in [0.2, 0.25) is 0 Å². The molecular formula is C60H68F5NO13S3. The molecule has 2 saturated heterocycles. The number of ether oxygens (including phenoxy) is 4. The van der Waals surface area contributed by atoms with E-state index in [0.29, 0.717) is 44.1 Å². The molecule has 82 heavy (non-hydrogen) atoms. The van der Waals surface area contributed by atoms with Crippen LogP contribution in [0.2, 0.25) is 0 Å². The highest BCUT2D eigenvalue weighted by atomic mass is 32.2. The summed E-state index contributed by atoms with van der Waals surface area (Å²) >= 11 is 3.00. The summed E-state index contributed by atoms with van der Waals surface area (Å²) in [4.78, 5) is 57.5. The van der Waals surface area contributed by atoms with Crippen molar-refractivity contribution in [2.45, 2.75) is 199 Å². The number of aliphatic hydroxyl groups is 2. The first-order valence-electron chi connectivity index (χ1n) is 28.9. The van der Waals surface area contributed by atoms with Gasteiger partial charge in [-0.1, -0.05) is 61.0 Å². The van der Waals surface area contributed by atoms with Crippen LogP contribution in [0, 0.1) is 45.3 Å². The van der Waals surface area contributed by atoms with Gasteiger partial charge in [0.15, 0.2) is 61.6 Å². The van der Waals surface area contributed by atoms with Crippen LogP contribution in [0.15, 0.2) is 76.2 Å². The largest absolute Gasteiger partial charge is 0.523 e. The molecular weight excluding hydrogens is 1130 g/mol. The quantitative estimate of drug-likeness (QED) is 0.109. The number of carbonyl (C=O) groups is 4. The average molecular weight is 1200 g/mol. The summed E-state index contributed by atoms with van der Waals surface area (Å²) in [7, 11) is -6.06. The number of fused-ring (bicyclic) bond motifs is 15. The summed E-state index contributed by atoms with van der Waals surface area (Å²) in [5, 5.41) is 23.4. The van der Waals surface area contributed by atoms with Crippen molar-refractivity contribution in [3.8, 4) is 0 Å². The van der Waals surface area contributed by atoms with E-state index >= 15 is 8.78 Å². The number of hydrogen-bond donors (Lipinski definition) is 2. The van der Waals surface area contributed by atoms with Crippen molar-refractivity contribution in [1.82, 2.24) is 4.98 Å². The molecule has 3 heterocycles. The Morgan fingerprint density at radius 2 is 1.20 bits per heavy atom. The van der Waals surface area contributed by atoms with Crippen molar-refractivity contribution < 1.29 is 82.9 Å². The molecule has 16 atom stereocenters. The van der Waals surface area contributed by atoms with E-state index in [0.717, 1.165) is 58.7 Å². The average Bonchev–Trinajstić information content (AvgIpc) is 3.34. The maximum Gasteiger partial charge on any atom is 0.523 e. The Balaban J connectivity index is 0.000000154. The number of allylic oxidation sites excluding steroid dienone is 8. The summed E-state index contributed by atoms with van der Waals surface area (Å²) in [5.41, 5.74) is -15.3. The van der Waals surface area contributed by atoms with E-state index in [1.165, 1.54) is 36.1 Å². The van der Waals surface area contributed by atoms with E-state index in [1.54, 1.807) is 37.3 Å². The van der Waals surface area contributed by atoms with Gasteiger partial charge < -0.3 is 29.2 Å². The summed E-state index contributed by atoms with van der Waals surface area (Å²) in [6, 6.07) is 7.95. The van der Waals surface area contributed by atoms with Crippen molar-refractivity contribution in [1.29, 1.82) is 0 Å². The number of rotatable bonds is 8. The lowest BCUT2D eigenvalue weighted by molar-refractivity contribution is -0.253. The van der Waals surface area contributed by atoms with Gasteiger partial charge in [0, 0.05) is 59.2 Å². The number of nitrogens with zero attached hydrogens (tertiary/aromatic N) is 1. The first kappa shape index (κ1) is 57.5. The SMILES string of the molecule is CC12C[C@H](O)[C@@]3(F)C(CCC4=CC(=O)C=CC43C)C1C[C@H]1OC3(CCCC3)O[C@]12C(=O)COS(=O)(=O)C(F)(F)F.CC12C[C@H](O)[C@@]3(F)C(CCC4=CC(=O)C=CC43C)C1C[C@H]1OC3(CCCC3)O[C@]12C(=O)CSc1nc2ccccc2s1. The minimum atomic E-state index is -6.06. The number of para-hydroxylation sites is 1. The first-order valence-corrected chi connectivity index (χ1v) is 32.1. The normalized spacial score (nSPS) is 44.4. The van der Waals surface area contributed by atoms with Crippen molar-refractivity contribution in [2.24, 2.45) is 45.3 Å². The lowest BCUT2D eigenvalue weighted by Crippen LogP contribution is -2.70. The summed E-state index contributed by atoms with van der Waals surface area (Å²) in [6.45, 7) is 5.74. The number of carbonyl (C=O) groups excluding carboxylic acids is 4. The zero-order valence-electron chi connectivity index (χ0n) is 46.1. The van der Waals surface area contributed by atoms with Crippen molar-refractivity contribution in [3.63, 3.8) is 0 Å². The van der Waals surface area contributed by atoms with Crippen LogP contribution in [0.25, 0.3) is 10.2 Å². The number of alkyl halides is 5. The molecule has 22 heteroatoms. The molecule has 0 bridgehead atoms. The Labute approximate surface area is 480 Å². The van der Waals surface area contributed by atoms with Crippen LogP contribution < -0.4 is 0 Å². The minimum Gasteiger partial charge on any atom is -0.390 e. The van der Waals surface area contributed by atoms with E-state index < -0.39 is 126 Å². The van der Waals surface area contributed by atoms with Crippen LogP contribution in [0.3, 0.4) is 0 Å². The lowest BCUT2D eigenvalue weighted by Gasteiger charge is -2.62. The standard InChI is InChI=1S/C33H36FNO5S2.C27H32F4O8S/c1-29-14-11-20(36)15-19(29)9-10-21-22-16-27-33(40-31(39-27)12-5-6-13-31,30(22,2)17-25(37)32(21,29)34)26(38)18-41-28-35-23-7-3-4-8-24(23)42-28;1-22-10-7-16(32)11-15(22)5-6-17-18-12-21-26(39-24(38-21)8-3-4-9-24,23(18,2)13-19(33)25(17,22)28)20(34)14-37-40(35,36)27(29,30)31/h3-4,7-8,11,14-15,21-22,25,27,37H,5-6,9-10,12-13,16-18H2,1-2H3;7,10-11,17-19,21,33H,3-6,8-9,12-14H2,1-2H3/t21?,22?,25-,27+,29?,30?,32-,33+;17?,18?,19-,21+,22?,23?,25-,26+/m00/s1. The van der Waals surface area contributed by atoms with Gasteiger partial charge in [-0.15, -0.1) is 11.3 Å². The van der Waals surface area contributed by atoms with E-state index in [1.807, 2.05) is 38.1 Å². The summed E-state index contributed by atoms with van der Waals surface area (Å²) < 4.78 is 130. The van der Waals surface area contributed by atoms with Gasteiger partial charge in [-0.2, -0.15) is 21.6 Å². The molecule has 444 valence electrons. The molecule has 2 spiro atoms. The lowest BCUT2D eigenvalue weighted by atomic mass is 9.44. The Morgan fingerprint density at radius 1 is 0.732 bits per heavy atom. The molecule has 0 amide bonds. The number of thiazole rings is 1. The van der Waals surface area contributed by atoms with Gasteiger partial charge in [-0.3, -0.25) is 23.4 Å². The molecule has 10 aliphatic carbocycles. The molecule has 14 rings (SSSR count). The van der Waals surface area contributed by atoms with Crippen molar-refractivity contribution >= 4 is 66.6 Å². The molecule has 8 unspecified atom stereocenters. The number of hydrogen-bond acceptors (Lipinski definition) is 16. The van der Waals surface area contributed by atoms with Gasteiger partial charge in [0.1, 0.15) is 6.61 Å². The highest BCUT2D eigenvalue weighted by Gasteiger charge is 2.83. The number of benzene rings is 1. The van der Waals surface area contributed by atoms with Gasteiger partial charge in [-0.05, 0) is 139 Å². The number of halogens is 5. The second-order valence-corrected chi connectivity index (χ2v) is 30.2. The Hall–Kier alpha value is -3.58. The Morgan fingerprint density at radius 3 is 1.66 bits per heavy atom. The zero-order valence-corrected chi connectivity index (χ0v) is 48.5. The molecule has 2 N–H and O–H groups in total. The van der Waals surface area contributed by atoms with Gasteiger partial charge >= 0.3 is 15.6 Å². The fraction of sp³-hybridized carbons (Fsp3) is 0.683. The summed E-state index contributed by atoms with van der Waals surface area (Å²) in [6.07, 6.45) is 12.4. The van der Waals surface area contributed by atoms with E-state index in [2.05, 4.69) is 4.18 Å². The number of thioether (sulfide) groups is 1. The second-order valence-electron chi connectivity index (χ2n) is 26.4. The smallest absolute Gasteiger partial charge is 0.390 e. The molecule has 0 radical (unpaired) electrons. The topological polar surface area (TPSA) is 202 Å². The number of ketones is 4. The first-order chi connectivity index (χ1) is 38.5. The highest BCUT2D eigenvalue weighted by Crippen LogP contribution is 2.75. The van der Waals surface area contributed by atoms with Crippen LogP contribution in [-0.2, 0) is 52.4 Å². The molecule has 1 aromatic heterocycles. The third-order valence-corrected chi connectivity index (χ3v) is 26.0. The van der Waals surface area contributed by atoms with Crippen LogP contribution in [0.1, 0.15) is 130 Å².